The highest BCUT2D eigenvalue weighted by Gasteiger charge is 2.40. The summed E-state index contributed by atoms with van der Waals surface area (Å²) in [5, 5.41) is 10.4. The van der Waals surface area contributed by atoms with Gasteiger partial charge in [-0.3, -0.25) is 4.98 Å². The van der Waals surface area contributed by atoms with Crippen LogP contribution in [0.3, 0.4) is 0 Å². The van der Waals surface area contributed by atoms with E-state index >= 15 is 0 Å². The Morgan fingerprint density at radius 2 is 2.00 bits per heavy atom. The van der Waals surface area contributed by atoms with Gasteiger partial charge in [-0.15, -0.1) is 0 Å². The van der Waals surface area contributed by atoms with Crippen LogP contribution in [0, 0.1) is 11.8 Å². The normalized spacial score (nSPS) is 33.8. The van der Waals surface area contributed by atoms with Crippen LogP contribution >= 0.6 is 0 Å². The molecule has 0 spiro atoms. The van der Waals surface area contributed by atoms with Crippen molar-refractivity contribution in [3.8, 4) is 0 Å². The Morgan fingerprint density at radius 1 is 1.41 bits per heavy atom. The van der Waals surface area contributed by atoms with E-state index in [4.69, 9.17) is 5.73 Å². The van der Waals surface area contributed by atoms with Gasteiger partial charge < -0.3 is 15.7 Å². The molecule has 0 radical (unpaired) electrons. The monoisotopic (exact) mass is 235 g/mol. The fourth-order valence-corrected chi connectivity index (χ4v) is 2.48. The van der Waals surface area contributed by atoms with Crippen LogP contribution in [-0.4, -0.2) is 28.8 Å². The molecule has 17 heavy (non-hydrogen) atoms. The zero-order valence-corrected chi connectivity index (χ0v) is 10.7. The van der Waals surface area contributed by atoms with Crippen LogP contribution in [0.5, 0.6) is 0 Å². The number of rotatable bonds is 1. The van der Waals surface area contributed by atoms with E-state index in [0.717, 1.165) is 18.8 Å². The average molecular weight is 235 g/mol. The van der Waals surface area contributed by atoms with Crippen molar-refractivity contribution in [1.29, 1.82) is 0 Å². The molecule has 4 heteroatoms. The van der Waals surface area contributed by atoms with E-state index in [1.165, 1.54) is 0 Å². The van der Waals surface area contributed by atoms with E-state index in [-0.39, 0.29) is 11.8 Å². The molecule has 1 saturated heterocycles. The molecule has 0 saturated carbocycles. The highest BCUT2D eigenvalue weighted by molar-refractivity contribution is 5.66. The van der Waals surface area contributed by atoms with Gasteiger partial charge in [-0.1, -0.05) is 13.8 Å². The second-order valence-electron chi connectivity index (χ2n) is 5.37. The number of anilines is 2. The number of nitrogens with zero attached hydrogens (tertiary/aromatic N) is 2. The fourth-order valence-electron chi connectivity index (χ4n) is 2.48. The lowest BCUT2D eigenvalue weighted by Crippen LogP contribution is -2.55. The van der Waals surface area contributed by atoms with Gasteiger partial charge >= 0.3 is 0 Å². The predicted molar refractivity (Wildman–Crippen MR) is 69.8 cm³/mol. The van der Waals surface area contributed by atoms with E-state index in [2.05, 4.69) is 23.7 Å². The molecule has 0 amide bonds. The summed E-state index contributed by atoms with van der Waals surface area (Å²) < 4.78 is 0. The number of hydrogen-bond donors (Lipinski definition) is 2. The zero-order chi connectivity index (χ0) is 12.6. The Hall–Kier alpha value is -1.29. The van der Waals surface area contributed by atoms with E-state index < -0.39 is 5.60 Å². The molecular formula is C13H21N3O. The van der Waals surface area contributed by atoms with Gasteiger partial charge in [0.15, 0.2) is 0 Å². The van der Waals surface area contributed by atoms with Crippen molar-refractivity contribution in [3.63, 3.8) is 0 Å². The largest absolute Gasteiger partial charge is 0.396 e. The van der Waals surface area contributed by atoms with Gasteiger partial charge in [0.25, 0.3) is 0 Å². The SMILES string of the molecule is C[C@@H]1CN(c2ccncc2N)C[C@H](C)C1(C)O. The summed E-state index contributed by atoms with van der Waals surface area (Å²) in [6, 6.07) is 1.94. The molecule has 2 heterocycles. The minimum atomic E-state index is -0.599. The summed E-state index contributed by atoms with van der Waals surface area (Å²) >= 11 is 0. The number of piperidine rings is 1. The number of aliphatic hydroxyl groups is 1. The van der Waals surface area contributed by atoms with Gasteiger partial charge in [-0.25, -0.2) is 0 Å². The molecule has 1 aromatic rings. The summed E-state index contributed by atoms with van der Waals surface area (Å²) in [6.45, 7) is 7.74. The summed E-state index contributed by atoms with van der Waals surface area (Å²) in [5.41, 5.74) is 7.07. The van der Waals surface area contributed by atoms with Crippen molar-refractivity contribution in [2.45, 2.75) is 26.4 Å². The Labute approximate surface area is 102 Å². The number of hydrogen-bond acceptors (Lipinski definition) is 4. The standard InChI is InChI=1S/C13H21N3O/c1-9-7-16(8-10(2)13(9,3)17)12-4-5-15-6-11(12)14/h4-6,9-10,17H,7-8,14H2,1-3H3/t9-,10+,13?. The highest BCUT2D eigenvalue weighted by atomic mass is 16.3. The molecule has 2 rings (SSSR count). The van der Waals surface area contributed by atoms with E-state index in [0.29, 0.717) is 5.69 Å². The first-order valence-electron chi connectivity index (χ1n) is 6.09. The van der Waals surface area contributed by atoms with Crippen LogP contribution in [-0.2, 0) is 0 Å². The molecule has 1 unspecified atom stereocenters. The minimum absolute atomic E-state index is 0.221. The van der Waals surface area contributed by atoms with Crippen molar-refractivity contribution in [2.24, 2.45) is 11.8 Å². The van der Waals surface area contributed by atoms with Gasteiger partial charge in [-0.2, -0.15) is 0 Å². The van der Waals surface area contributed by atoms with Crippen LogP contribution in [0.25, 0.3) is 0 Å². The van der Waals surface area contributed by atoms with E-state index in [1.54, 1.807) is 12.4 Å². The van der Waals surface area contributed by atoms with Crippen LogP contribution < -0.4 is 10.6 Å². The van der Waals surface area contributed by atoms with Gasteiger partial charge in [0.05, 0.1) is 23.2 Å². The number of pyridine rings is 1. The number of nitrogens with two attached hydrogens (primary N) is 1. The molecule has 1 aliphatic heterocycles. The molecular weight excluding hydrogens is 214 g/mol. The number of nitrogen functional groups attached to an aromatic ring is 1. The van der Waals surface area contributed by atoms with Crippen LogP contribution in [0.1, 0.15) is 20.8 Å². The topological polar surface area (TPSA) is 62.4 Å². The minimum Gasteiger partial charge on any atom is -0.396 e. The lowest BCUT2D eigenvalue weighted by molar-refractivity contribution is -0.0503. The molecule has 3 N–H and O–H groups in total. The molecule has 3 atom stereocenters. The molecule has 0 bridgehead atoms. The van der Waals surface area contributed by atoms with Crippen LogP contribution in [0.4, 0.5) is 11.4 Å². The van der Waals surface area contributed by atoms with Gasteiger partial charge in [0.2, 0.25) is 0 Å². The van der Waals surface area contributed by atoms with Gasteiger partial charge in [0.1, 0.15) is 0 Å². The first kappa shape index (κ1) is 12.2. The van der Waals surface area contributed by atoms with Crippen molar-refractivity contribution >= 4 is 11.4 Å². The van der Waals surface area contributed by atoms with Crippen molar-refractivity contribution in [3.05, 3.63) is 18.5 Å². The Kier molecular flexibility index (Phi) is 3.00. The zero-order valence-electron chi connectivity index (χ0n) is 10.7. The average Bonchev–Trinajstić information content (AvgIpc) is 2.26. The smallest absolute Gasteiger partial charge is 0.0738 e. The van der Waals surface area contributed by atoms with Gasteiger partial charge in [0, 0.05) is 31.1 Å². The van der Waals surface area contributed by atoms with E-state index in [9.17, 15) is 5.11 Å². The summed E-state index contributed by atoms with van der Waals surface area (Å²) in [7, 11) is 0. The third kappa shape index (κ3) is 2.09. The van der Waals surface area contributed by atoms with E-state index in [1.807, 2.05) is 13.0 Å². The van der Waals surface area contributed by atoms with Crippen LogP contribution in [0.15, 0.2) is 18.5 Å². The molecule has 0 aromatic carbocycles. The fraction of sp³-hybridized carbons (Fsp3) is 0.615. The molecule has 0 aliphatic carbocycles. The lowest BCUT2D eigenvalue weighted by atomic mass is 9.76. The molecule has 1 aromatic heterocycles. The molecule has 1 fully saturated rings. The Bertz CT molecular complexity index is 391. The van der Waals surface area contributed by atoms with Crippen molar-refractivity contribution in [1.82, 2.24) is 4.98 Å². The predicted octanol–water partition coefficient (Wildman–Crippen LogP) is 1.51. The maximum Gasteiger partial charge on any atom is 0.0738 e. The van der Waals surface area contributed by atoms with Gasteiger partial charge in [-0.05, 0) is 13.0 Å². The first-order chi connectivity index (χ1) is 7.93. The van der Waals surface area contributed by atoms with Crippen molar-refractivity contribution < 1.29 is 5.11 Å². The lowest BCUT2D eigenvalue weighted by Gasteiger charge is -2.46. The second kappa shape index (κ2) is 4.18. The third-order valence-electron chi connectivity index (χ3n) is 4.15. The maximum absolute atomic E-state index is 10.4. The molecule has 94 valence electrons. The third-order valence-corrected chi connectivity index (χ3v) is 4.15. The number of aromatic nitrogens is 1. The highest BCUT2D eigenvalue weighted by Crippen LogP contribution is 2.35. The summed E-state index contributed by atoms with van der Waals surface area (Å²) in [4.78, 5) is 6.25. The Balaban J connectivity index is 2.24. The maximum atomic E-state index is 10.4. The first-order valence-corrected chi connectivity index (χ1v) is 6.09. The molecule has 4 nitrogen and oxygen atoms in total. The summed E-state index contributed by atoms with van der Waals surface area (Å²) in [6.07, 6.45) is 3.44. The molecule has 1 aliphatic rings. The quantitative estimate of drug-likeness (QED) is 0.774. The summed E-state index contributed by atoms with van der Waals surface area (Å²) in [5.74, 6) is 0.442. The van der Waals surface area contributed by atoms with Crippen LogP contribution in [0.2, 0.25) is 0 Å². The van der Waals surface area contributed by atoms with Crippen molar-refractivity contribution in [2.75, 3.05) is 23.7 Å². The Morgan fingerprint density at radius 3 is 2.53 bits per heavy atom. The second-order valence-corrected chi connectivity index (χ2v) is 5.37.